The Kier molecular flexibility index (Phi) is 4.68. The average Bonchev–Trinajstić information content (AvgIpc) is 2.29. The molecule has 2 rings (SSSR count). The van der Waals surface area contributed by atoms with Crippen molar-refractivity contribution in [2.45, 2.75) is 39.5 Å². The third-order valence-electron chi connectivity index (χ3n) is 4.49. The minimum atomic E-state index is 0.348. The molecule has 3 nitrogen and oxygen atoms in total. The van der Waals surface area contributed by atoms with E-state index in [1.807, 2.05) is 0 Å². The lowest BCUT2D eigenvalue weighted by Gasteiger charge is -2.45. The van der Waals surface area contributed by atoms with Gasteiger partial charge in [0.15, 0.2) is 0 Å². The first kappa shape index (κ1) is 14.3. The fraction of sp³-hybridized carbons (Fsp3) is 1.00. The molecule has 0 saturated carbocycles. The number of hydrogen-bond acceptors (Lipinski definition) is 3. The maximum Gasteiger partial charge on any atom is 0.0546 e. The van der Waals surface area contributed by atoms with E-state index in [1.165, 1.54) is 45.3 Å². The fourth-order valence-electron chi connectivity index (χ4n) is 3.76. The summed E-state index contributed by atoms with van der Waals surface area (Å²) in [5.41, 5.74) is 0.842. The van der Waals surface area contributed by atoms with E-state index < -0.39 is 0 Å². The van der Waals surface area contributed by atoms with Crippen LogP contribution in [0.5, 0.6) is 0 Å². The van der Waals surface area contributed by atoms with Crippen LogP contribution in [0.4, 0.5) is 0 Å². The molecule has 0 spiro atoms. The molecule has 0 bridgehead atoms. The lowest BCUT2D eigenvalue weighted by Crippen LogP contribution is -2.51. The molecule has 106 valence electrons. The van der Waals surface area contributed by atoms with Crippen LogP contribution in [-0.2, 0) is 4.74 Å². The van der Waals surface area contributed by atoms with Crippen LogP contribution in [0.1, 0.15) is 39.5 Å². The average molecular weight is 254 g/mol. The molecule has 18 heavy (non-hydrogen) atoms. The molecule has 3 heteroatoms. The van der Waals surface area contributed by atoms with Gasteiger partial charge in [0, 0.05) is 31.7 Å². The largest absolute Gasteiger partial charge is 0.381 e. The summed E-state index contributed by atoms with van der Waals surface area (Å²) >= 11 is 0. The molecular formula is C15H30N2O. The van der Waals surface area contributed by atoms with Crippen LogP contribution in [0, 0.1) is 10.8 Å². The van der Waals surface area contributed by atoms with Gasteiger partial charge in [0.05, 0.1) is 6.61 Å². The first-order chi connectivity index (χ1) is 8.55. The molecule has 0 aromatic heterocycles. The zero-order chi connectivity index (χ0) is 13.1. The van der Waals surface area contributed by atoms with Crippen molar-refractivity contribution in [2.24, 2.45) is 10.8 Å². The van der Waals surface area contributed by atoms with E-state index in [-0.39, 0.29) is 0 Å². The van der Waals surface area contributed by atoms with Crippen LogP contribution in [0.2, 0.25) is 0 Å². The summed E-state index contributed by atoms with van der Waals surface area (Å²) in [5, 5.41) is 3.38. The Hall–Kier alpha value is -0.120. The second-order valence-electron chi connectivity index (χ2n) is 7.16. The van der Waals surface area contributed by atoms with Gasteiger partial charge in [0.1, 0.15) is 0 Å². The number of ether oxygens (including phenoxy) is 1. The van der Waals surface area contributed by atoms with E-state index in [9.17, 15) is 0 Å². The van der Waals surface area contributed by atoms with Gasteiger partial charge < -0.3 is 15.0 Å². The van der Waals surface area contributed by atoms with Crippen molar-refractivity contribution in [1.82, 2.24) is 10.2 Å². The third-order valence-corrected chi connectivity index (χ3v) is 4.49. The summed E-state index contributed by atoms with van der Waals surface area (Å²) in [6.45, 7) is 11.5. The van der Waals surface area contributed by atoms with Gasteiger partial charge in [-0.15, -0.1) is 0 Å². The van der Waals surface area contributed by atoms with Crippen LogP contribution in [0.3, 0.4) is 0 Å². The molecule has 0 aromatic carbocycles. The highest BCUT2D eigenvalue weighted by Crippen LogP contribution is 2.34. The van der Waals surface area contributed by atoms with Crippen LogP contribution < -0.4 is 5.32 Å². The van der Waals surface area contributed by atoms with Crippen molar-refractivity contribution >= 4 is 0 Å². The molecule has 0 radical (unpaired) electrons. The molecule has 0 amide bonds. The number of likely N-dealkylation sites (tertiary alicyclic amines) is 1. The van der Waals surface area contributed by atoms with Crippen molar-refractivity contribution in [1.29, 1.82) is 0 Å². The molecule has 1 atom stereocenters. The smallest absolute Gasteiger partial charge is 0.0546 e. The molecule has 1 unspecified atom stereocenters. The number of rotatable bonds is 4. The predicted molar refractivity (Wildman–Crippen MR) is 75.9 cm³/mol. The summed E-state index contributed by atoms with van der Waals surface area (Å²) < 4.78 is 5.76. The Balaban J connectivity index is 1.95. The first-order valence-electron chi connectivity index (χ1n) is 7.50. The second-order valence-corrected chi connectivity index (χ2v) is 7.16. The van der Waals surface area contributed by atoms with Gasteiger partial charge in [-0.3, -0.25) is 0 Å². The van der Waals surface area contributed by atoms with Crippen molar-refractivity contribution < 1.29 is 4.74 Å². The van der Waals surface area contributed by atoms with Gasteiger partial charge in [-0.05, 0) is 44.7 Å². The van der Waals surface area contributed by atoms with Gasteiger partial charge in [-0.2, -0.15) is 0 Å². The monoisotopic (exact) mass is 254 g/mol. The maximum atomic E-state index is 5.76. The summed E-state index contributed by atoms with van der Waals surface area (Å²) in [6, 6.07) is 0. The van der Waals surface area contributed by atoms with Gasteiger partial charge in [0.25, 0.3) is 0 Å². The number of nitrogens with one attached hydrogen (secondary N) is 1. The lowest BCUT2D eigenvalue weighted by atomic mass is 9.79. The first-order valence-corrected chi connectivity index (χ1v) is 7.50. The Morgan fingerprint density at radius 3 is 2.67 bits per heavy atom. The Labute approximate surface area is 112 Å². The van der Waals surface area contributed by atoms with Crippen LogP contribution >= 0.6 is 0 Å². The quantitative estimate of drug-likeness (QED) is 0.832. The molecule has 2 aliphatic rings. The van der Waals surface area contributed by atoms with E-state index >= 15 is 0 Å². The van der Waals surface area contributed by atoms with Gasteiger partial charge in [0.2, 0.25) is 0 Å². The van der Waals surface area contributed by atoms with Crippen LogP contribution in [0.15, 0.2) is 0 Å². The minimum Gasteiger partial charge on any atom is -0.381 e. The van der Waals surface area contributed by atoms with Crippen molar-refractivity contribution in [2.75, 3.05) is 46.4 Å². The summed E-state index contributed by atoms with van der Waals surface area (Å²) in [5.74, 6) is 0. The second kappa shape index (κ2) is 5.89. The highest BCUT2D eigenvalue weighted by Gasteiger charge is 2.36. The normalized spacial score (nSPS) is 33.5. The molecule has 2 heterocycles. The van der Waals surface area contributed by atoms with Crippen molar-refractivity contribution in [3.05, 3.63) is 0 Å². The van der Waals surface area contributed by atoms with Crippen molar-refractivity contribution in [3.8, 4) is 0 Å². The summed E-state index contributed by atoms with van der Waals surface area (Å²) in [6.07, 6.45) is 5.26. The molecule has 2 saturated heterocycles. The SMILES string of the molecule is CNCC1(CN2CCCC(C)(C)C2)CCCOC1. The fourth-order valence-corrected chi connectivity index (χ4v) is 3.76. The molecule has 0 aromatic rings. The van der Waals surface area contributed by atoms with Crippen molar-refractivity contribution in [3.63, 3.8) is 0 Å². The highest BCUT2D eigenvalue weighted by atomic mass is 16.5. The number of hydrogen-bond donors (Lipinski definition) is 1. The summed E-state index contributed by atoms with van der Waals surface area (Å²) in [7, 11) is 2.07. The van der Waals surface area contributed by atoms with Crippen LogP contribution in [0.25, 0.3) is 0 Å². The Morgan fingerprint density at radius 1 is 1.22 bits per heavy atom. The zero-order valence-electron chi connectivity index (χ0n) is 12.4. The lowest BCUT2D eigenvalue weighted by molar-refractivity contribution is -0.0361. The summed E-state index contributed by atoms with van der Waals surface area (Å²) in [4.78, 5) is 2.68. The van der Waals surface area contributed by atoms with E-state index in [0.29, 0.717) is 10.8 Å². The molecule has 1 N–H and O–H groups in total. The third kappa shape index (κ3) is 3.69. The van der Waals surface area contributed by atoms with E-state index in [0.717, 1.165) is 19.8 Å². The predicted octanol–water partition coefficient (Wildman–Crippen LogP) is 2.12. The standard InChI is InChI=1S/C15H30N2O/c1-14(2)6-4-8-17(11-14)12-15(10-16-3)7-5-9-18-13-15/h16H,4-13H2,1-3H3. The number of piperidine rings is 1. The number of nitrogens with zero attached hydrogens (tertiary/aromatic N) is 1. The molecule has 2 fully saturated rings. The Bertz CT molecular complexity index is 254. The molecular weight excluding hydrogens is 224 g/mol. The van der Waals surface area contributed by atoms with Gasteiger partial charge in [-0.1, -0.05) is 13.8 Å². The van der Waals surface area contributed by atoms with Gasteiger partial charge >= 0.3 is 0 Å². The maximum absolute atomic E-state index is 5.76. The zero-order valence-corrected chi connectivity index (χ0v) is 12.4. The van der Waals surface area contributed by atoms with E-state index in [4.69, 9.17) is 4.74 Å². The molecule has 2 aliphatic heterocycles. The van der Waals surface area contributed by atoms with Crippen LogP contribution in [-0.4, -0.2) is 51.3 Å². The van der Waals surface area contributed by atoms with E-state index in [2.05, 4.69) is 31.1 Å². The molecule has 0 aliphatic carbocycles. The minimum absolute atomic E-state index is 0.348. The highest BCUT2D eigenvalue weighted by molar-refractivity contribution is 4.90. The topological polar surface area (TPSA) is 24.5 Å². The van der Waals surface area contributed by atoms with E-state index in [1.54, 1.807) is 0 Å². The Morgan fingerprint density at radius 2 is 2.06 bits per heavy atom. The van der Waals surface area contributed by atoms with Gasteiger partial charge in [-0.25, -0.2) is 0 Å².